The summed E-state index contributed by atoms with van der Waals surface area (Å²) in [5.74, 6) is 0.811. The van der Waals surface area contributed by atoms with Gasteiger partial charge in [0.2, 0.25) is 0 Å². The monoisotopic (exact) mass is 327 g/mol. The molecule has 0 radical (unpaired) electrons. The van der Waals surface area contributed by atoms with Crippen molar-refractivity contribution < 1.29 is 4.74 Å². The fourth-order valence-corrected chi connectivity index (χ4v) is 2.57. The molecule has 0 atom stereocenters. The molecule has 0 unspecified atom stereocenters. The molecule has 3 heteroatoms. The lowest BCUT2D eigenvalue weighted by molar-refractivity contribution is 0.328. The van der Waals surface area contributed by atoms with Crippen LogP contribution in [0.3, 0.4) is 0 Å². The van der Waals surface area contributed by atoms with Crippen LogP contribution < -0.4 is 10.5 Å². The Bertz CT molecular complexity index is 687. The number of halogens is 1. The molecule has 0 heterocycles. The fraction of sp³-hybridized carbons (Fsp3) is 0.200. The van der Waals surface area contributed by atoms with Crippen molar-refractivity contribution in [2.45, 2.75) is 13.8 Å². The van der Waals surface area contributed by atoms with Crippen LogP contribution in [0.5, 0.6) is 5.75 Å². The third kappa shape index (κ3) is 4.47. The van der Waals surface area contributed by atoms with Gasteiger partial charge in [-0.05, 0) is 42.7 Å². The predicted octanol–water partition coefficient (Wildman–Crippen LogP) is 4.99. The average Bonchev–Trinajstić information content (AvgIpc) is 2.61. The zero-order valence-corrected chi connectivity index (χ0v) is 14.3. The molecule has 23 heavy (non-hydrogen) atoms. The number of rotatable bonds is 6. The molecule has 0 aromatic heterocycles. The molecule has 2 N–H and O–H groups in total. The molecule has 0 fully saturated rings. The van der Waals surface area contributed by atoms with Crippen LogP contribution in [-0.4, -0.2) is 13.2 Å². The van der Waals surface area contributed by atoms with Gasteiger partial charge in [0.05, 0.1) is 5.03 Å². The van der Waals surface area contributed by atoms with Crippen molar-refractivity contribution in [1.82, 2.24) is 0 Å². The molecule has 2 aromatic carbocycles. The van der Waals surface area contributed by atoms with E-state index in [0.717, 1.165) is 33.1 Å². The molecule has 0 amide bonds. The molecular weight excluding hydrogens is 306 g/mol. The van der Waals surface area contributed by atoms with Crippen LogP contribution in [0, 0.1) is 0 Å². The van der Waals surface area contributed by atoms with Gasteiger partial charge in [-0.1, -0.05) is 60.1 Å². The van der Waals surface area contributed by atoms with E-state index in [4.69, 9.17) is 22.1 Å². The van der Waals surface area contributed by atoms with Gasteiger partial charge >= 0.3 is 0 Å². The van der Waals surface area contributed by atoms with Gasteiger partial charge in [0.15, 0.2) is 0 Å². The highest BCUT2D eigenvalue weighted by Gasteiger charge is 2.11. The summed E-state index contributed by atoms with van der Waals surface area (Å²) in [5, 5.41) is 0.759. The number of nitrogens with two attached hydrogens (primary N) is 1. The fourth-order valence-electron chi connectivity index (χ4n) is 2.24. The van der Waals surface area contributed by atoms with E-state index >= 15 is 0 Å². The Hall–Kier alpha value is -2.03. The molecule has 0 saturated heterocycles. The molecule has 2 rings (SSSR count). The number of hydrogen-bond donors (Lipinski definition) is 1. The van der Waals surface area contributed by atoms with Gasteiger partial charge in [0.25, 0.3) is 0 Å². The highest BCUT2D eigenvalue weighted by molar-refractivity contribution is 6.35. The second-order valence-corrected chi connectivity index (χ2v) is 5.57. The third-order valence-corrected chi connectivity index (χ3v) is 4.08. The molecule has 0 aliphatic heterocycles. The van der Waals surface area contributed by atoms with Crippen molar-refractivity contribution in [2.75, 3.05) is 13.2 Å². The summed E-state index contributed by atoms with van der Waals surface area (Å²) < 4.78 is 5.54. The van der Waals surface area contributed by atoms with Crippen LogP contribution in [0.1, 0.15) is 25.0 Å². The van der Waals surface area contributed by atoms with Crippen LogP contribution >= 0.6 is 11.6 Å². The Morgan fingerprint density at radius 1 is 1.04 bits per heavy atom. The van der Waals surface area contributed by atoms with E-state index in [1.807, 2.05) is 62.4 Å². The largest absolute Gasteiger partial charge is 0.492 e. The van der Waals surface area contributed by atoms with E-state index in [2.05, 4.69) is 12.1 Å². The maximum Gasteiger partial charge on any atom is 0.119 e. The van der Waals surface area contributed by atoms with Crippen molar-refractivity contribution in [3.05, 3.63) is 82.4 Å². The highest BCUT2D eigenvalue weighted by atomic mass is 35.5. The smallest absolute Gasteiger partial charge is 0.119 e. The first kappa shape index (κ1) is 17.3. The summed E-state index contributed by atoms with van der Waals surface area (Å²) in [5.41, 5.74) is 9.68. The lowest BCUT2D eigenvalue weighted by Crippen LogP contribution is -2.10. The SMILES string of the molecule is C/C=C(C)/C(Cl)=C(/c1ccccc1)c1ccc(OCCN)cc1. The van der Waals surface area contributed by atoms with Crippen molar-refractivity contribution >= 4 is 17.2 Å². The minimum absolute atomic E-state index is 0.503. The number of benzene rings is 2. The summed E-state index contributed by atoms with van der Waals surface area (Å²) in [6.07, 6.45) is 2.02. The van der Waals surface area contributed by atoms with E-state index in [-0.39, 0.29) is 0 Å². The van der Waals surface area contributed by atoms with E-state index in [1.54, 1.807) is 0 Å². The maximum absolute atomic E-state index is 6.65. The maximum atomic E-state index is 6.65. The first-order valence-electron chi connectivity index (χ1n) is 7.69. The quantitative estimate of drug-likeness (QED) is 0.759. The van der Waals surface area contributed by atoms with Gasteiger partial charge in [0, 0.05) is 12.1 Å². The zero-order chi connectivity index (χ0) is 16.7. The highest BCUT2D eigenvalue weighted by Crippen LogP contribution is 2.33. The molecule has 0 spiro atoms. The molecular formula is C20H22ClNO. The van der Waals surface area contributed by atoms with Crippen LogP contribution in [0.15, 0.2) is 71.3 Å². The lowest BCUT2D eigenvalue weighted by Gasteiger charge is -2.13. The van der Waals surface area contributed by atoms with Crippen LogP contribution in [0.25, 0.3) is 5.57 Å². The summed E-state index contributed by atoms with van der Waals surface area (Å²) in [4.78, 5) is 0. The summed E-state index contributed by atoms with van der Waals surface area (Å²) in [7, 11) is 0. The van der Waals surface area contributed by atoms with Gasteiger partial charge in [0.1, 0.15) is 12.4 Å². The van der Waals surface area contributed by atoms with Crippen molar-refractivity contribution in [2.24, 2.45) is 5.73 Å². The molecule has 120 valence electrons. The first-order valence-corrected chi connectivity index (χ1v) is 8.07. The number of hydrogen-bond acceptors (Lipinski definition) is 2. The van der Waals surface area contributed by atoms with Crippen LogP contribution in [0.2, 0.25) is 0 Å². The van der Waals surface area contributed by atoms with Gasteiger partial charge in [-0.2, -0.15) is 0 Å². The minimum atomic E-state index is 0.503. The second-order valence-electron chi connectivity index (χ2n) is 5.19. The van der Waals surface area contributed by atoms with Gasteiger partial charge < -0.3 is 10.5 Å². The van der Waals surface area contributed by atoms with E-state index < -0.39 is 0 Å². The summed E-state index contributed by atoms with van der Waals surface area (Å²) in [6.45, 7) is 5.02. The lowest BCUT2D eigenvalue weighted by atomic mass is 9.95. The third-order valence-electron chi connectivity index (χ3n) is 3.59. The Balaban J connectivity index is 2.47. The normalized spacial score (nSPS) is 12.8. The van der Waals surface area contributed by atoms with Crippen LogP contribution in [-0.2, 0) is 0 Å². The topological polar surface area (TPSA) is 35.2 Å². The number of ether oxygens (including phenoxy) is 1. The van der Waals surface area contributed by atoms with Crippen molar-refractivity contribution in [1.29, 1.82) is 0 Å². The van der Waals surface area contributed by atoms with Gasteiger partial charge in [-0.25, -0.2) is 0 Å². The van der Waals surface area contributed by atoms with E-state index in [1.165, 1.54) is 0 Å². The molecule has 0 aliphatic carbocycles. The molecule has 0 saturated carbocycles. The summed E-state index contributed by atoms with van der Waals surface area (Å²) >= 11 is 6.65. The molecule has 0 aliphatic rings. The minimum Gasteiger partial charge on any atom is -0.492 e. The second kappa shape index (κ2) is 8.56. The Morgan fingerprint density at radius 2 is 1.65 bits per heavy atom. The summed E-state index contributed by atoms with van der Waals surface area (Å²) in [6, 6.07) is 18.1. The zero-order valence-electron chi connectivity index (χ0n) is 13.6. The first-order chi connectivity index (χ1) is 11.2. The predicted molar refractivity (Wildman–Crippen MR) is 98.7 cm³/mol. The van der Waals surface area contributed by atoms with Crippen LogP contribution in [0.4, 0.5) is 0 Å². The van der Waals surface area contributed by atoms with Gasteiger partial charge in [-0.15, -0.1) is 0 Å². The van der Waals surface area contributed by atoms with Gasteiger partial charge in [-0.3, -0.25) is 0 Å². The Kier molecular flexibility index (Phi) is 6.45. The molecule has 2 aromatic rings. The number of allylic oxidation sites excluding steroid dienone is 3. The Labute approximate surface area is 143 Å². The van der Waals surface area contributed by atoms with E-state index in [0.29, 0.717) is 13.2 Å². The molecule has 0 bridgehead atoms. The average molecular weight is 328 g/mol. The Morgan fingerprint density at radius 3 is 2.22 bits per heavy atom. The molecule has 2 nitrogen and oxygen atoms in total. The van der Waals surface area contributed by atoms with Crippen molar-refractivity contribution in [3.8, 4) is 5.75 Å². The van der Waals surface area contributed by atoms with E-state index in [9.17, 15) is 0 Å². The van der Waals surface area contributed by atoms with Crippen molar-refractivity contribution in [3.63, 3.8) is 0 Å². The standard InChI is InChI=1S/C20H22ClNO/c1-3-15(2)20(21)19(16-7-5-4-6-8-16)17-9-11-18(12-10-17)23-14-13-22/h3-12H,13-14,22H2,1-2H3/b15-3+,20-19+.